The number of anilines is 1. The molecule has 8 heteroatoms. The van der Waals surface area contributed by atoms with E-state index >= 15 is 0 Å². The van der Waals surface area contributed by atoms with Crippen molar-refractivity contribution in [2.45, 2.75) is 19.4 Å². The summed E-state index contributed by atoms with van der Waals surface area (Å²) in [6, 6.07) is 13.7. The zero-order valence-corrected chi connectivity index (χ0v) is 19.2. The zero-order valence-electron chi connectivity index (χ0n) is 18.2. The lowest BCUT2D eigenvalue weighted by molar-refractivity contribution is -0.145. The fourth-order valence-corrected chi connectivity index (χ4v) is 3.68. The van der Waals surface area contributed by atoms with Gasteiger partial charge in [-0.25, -0.2) is 4.98 Å². The molecule has 0 aliphatic carbocycles. The van der Waals surface area contributed by atoms with E-state index in [2.05, 4.69) is 33.6 Å². The van der Waals surface area contributed by atoms with Gasteiger partial charge >= 0.3 is 5.97 Å². The molecule has 3 heterocycles. The van der Waals surface area contributed by atoms with Crippen LogP contribution in [0, 0.1) is 0 Å². The van der Waals surface area contributed by atoms with Crippen LogP contribution in [0.25, 0.3) is 33.2 Å². The van der Waals surface area contributed by atoms with Gasteiger partial charge in [0.05, 0.1) is 24.0 Å². The maximum absolute atomic E-state index is 11.7. The molecule has 0 saturated carbocycles. The van der Waals surface area contributed by atoms with Gasteiger partial charge in [-0.2, -0.15) is 0 Å². The van der Waals surface area contributed by atoms with Crippen molar-refractivity contribution in [1.29, 1.82) is 0 Å². The number of esters is 1. The van der Waals surface area contributed by atoms with Gasteiger partial charge in [0.25, 0.3) is 0 Å². The highest BCUT2D eigenvalue weighted by molar-refractivity contribution is 7.58. The first-order valence-corrected chi connectivity index (χ1v) is 11.2. The van der Waals surface area contributed by atoms with E-state index in [9.17, 15) is 4.79 Å². The van der Waals surface area contributed by atoms with E-state index in [1.807, 2.05) is 36.4 Å². The van der Waals surface area contributed by atoms with Gasteiger partial charge in [0.15, 0.2) is 0 Å². The number of methoxy groups -OCH3 is 1. The first-order chi connectivity index (χ1) is 16.1. The van der Waals surface area contributed by atoms with Crippen LogP contribution in [0.2, 0.25) is 0 Å². The second-order valence-electron chi connectivity index (χ2n) is 7.47. The van der Waals surface area contributed by atoms with Crippen LogP contribution in [0.4, 0.5) is 5.69 Å². The van der Waals surface area contributed by atoms with Crippen molar-refractivity contribution >= 4 is 35.2 Å². The largest absolute Gasteiger partial charge is 0.480 e. The van der Waals surface area contributed by atoms with Gasteiger partial charge in [0.1, 0.15) is 12.4 Å². The molecule has 0 saturated heterocycles. The summed E-state index contributed by atoms with van der Waals surface area (Å²) in [7, 11) is 1.54. The summed E-state index contributed by atoms with van der Waals surface area (Å²) >= 11 is 3.36. The summed E-state index contributed by atoms with van der Waals surface area (Å²) in [5.41, 5.74) is 11.9. The number of rotatable bonds is 8. The van der Waals surface area contributed by atoms with Gasteiger partial charge in [-0.05, 0) is 54.1 Å². The molecule has 4 rings (SSSR count). The van der Waals surface area contributed by atoms with Gasteiger partial charge < -0.3 is 15.2 Å². The van der Waals surface area contributed by atoms with Crippen LogP contribution in [0.5, 0.6) is 5.88 Å². The van der Waals surface area contributed by atoms with Crippen molar-refractivity contribution in [3.8, 4) is 28.1 Å². The third-order valence-corrected chi connectivity index (χ3v) is 5.58. The summed E-state index contributed by atoms with van der Waals surface area (Å²) in [4.78, 5) is 25.0. The predicted molar refractivity (Wildman–Crippen MR) is 133 cm³/mol. The van der Waals surface area contributed by atoms with E-state index in [1.54, 1.807) is 25.7 Å². The molecule has 4 aromatic rings. The molecule has 0 aliphatic rings. The summed E-state index contributed by atoms with van der Waals surface area (Å²) in [5.74, 6) is 0.952. The topological polar surface area (TPSA) is 100 Å². The quantitative estimate of drug-likeness (QED) is 0.315. The fourth-order valence-electron chi connectivity index (χ4n) is 3.50. The SMILES string of the molecule is COc1ncc(-c2ccc3nccc(-c4ccc(COC(=O)CCC[SH2+])nc4)c3c2)cc1N. The van der Waals surface area contributed by atoms with Gasteiger partial charge in [0.2, 0.25) is 5.88 Å². The Morgan fingerprint density at radius 2 is 1.82 bits per heavy atom. The van der Waals surface area contributed by atoms with E-state index in [-0.39, 0.29) is 12.6 Å². The summed E-state index contributed by atoms with van der Waals surface area (Å²) in [5, 5.41) is 0.986. The van der Waals surface area contributed by atoms with Crippen LogP contribution in [0.15, 0.2) is 61.1 Å². The number of hydrogen-bond donors (Lipinski definition) is 1. The Bertz CT molecular complexity index is 1280. The number of pyridine rings is 3. The summed E-state index contributed by atoms with van der Waals surface area (Å²) < 4.78 is 10.4. The monoisotopic (exact) mass is 461 g/mol. The third kappa shape index (κ3) is 5.23. The molecule has 168 valence electrons. The Hall–Kier alpha value is -3.65. The normalized spacial score (nSPS) is 10.8. The second kappa shape index (κ2) is 10.3. The Morgan fingerprint density at radius 1 is 1.00 bits per heavy atom. The molecular weight excluding hydrogens is 436 g/mol. The number of nitrogens with zero attached hydrogens (tertiary/aromatic N) is 3. The number of benzene rings is 1. The smallest absolute Gasteiger partial charge is 0.306 e. The molecule has 0 amide bonds. The number of aromatic nitrogens is 3. The maximum atomic E-state index is 11.7. The van der Waals surface area contributed by atoms with Crippen LogP contribution in [-0.2, 0) is 28.8 Å². The lowest BCUT2D eigenvalue weighted by atomic mass is 9.98. The average Bonchev–Trinajstić information content (AvgIpc) is 2.85. The minimum Gasteiger partial charge on any atom is -0.480 e. The zero-order chi connectivity index (χ0) is 23.2. The molecule has 0 spiro atoms. The fraction of sp³-hybridized carbons (Fsp3) is 0.200. The van der Waals surface area contributed by atoms with E-state index in [4.69, 9.17) is 15.2 Å². The molecule has 0 aliphatic heterocycles. The lowest BCUT2D eigenvalue weighted by Crippen LogP contribution is -2.05. The van der Waals surface area contributed by atoms with Crippen LogP contribution in [0.3, 0.4) is 0 Å². The minimum absolute atomic E-state index is 0.161. The highest BCUT2D eigenvalue weighted by Crippen LogP contribution is 2.32. The van der Waals surface area contributed by atoms with Crippen molar-refractivity contribution in [1.82, 2.24) is 15.0 Å². The molecule has 0 fully saturated rings. The number of nitrogen functional groups attached to an aromatic ring is 1. The van der Waals surface area contributed by atoms with Gasteiger partial charge in [-0.15, -0.1) is 0 Å². The van der Waals surface area contributed by atoms with Crippen LogP contribution < -0.4 is 10.5 Å². The first-order valence-electron chi connectivity index (χ1n) is 10.5. The van der Waals surface area contributed by atoms with Crippen molar-refractivity contribution in [3.63, 3.8) is 0 Å². The van der Waals surface area contributed by atoms with Crippen molar-refractivity contribution in [2.75, 3.05) is 18.6 Å². The molecule has 0 bridgehead atoms. The van der Waals surface area contributed by atoms with Gasteiger partial charge in [-0.3, -0.25) is 14.8 Å². The summed E-state index contributed by atoms with van der Waals surface area (Å²) in [6.07, 6.45) is 6.45. The predicted octanol–water partition coefficient (Wildman–Crippen LogP) is 3.78. The van der Waals surface area contributed by atoms with E-state index in [1.165, 1.54) is 0 Å². The van der Waals surface area contributed by atoms with Crippen LogP contribution in [-0.4, -0.2) is 33.8 Å². The molecule has 7 nitrogen and oxygen atoms in total. The summed E-state index contributed by atoms with van der Waals surface area (Å²) in [6.45, 7) is 0.161. The standard InChI is InChI=1S/C25H24N4O3S/c1-31-25-22(26)12-18(14-29-25)16-5-7-23-21(11-16)20(8-9-27-23)17-4-6-19(28-13-17)15-32-24(30)3-2-10-33/h4-9,11-14,33H,2-3,10,15,26H2,1H3/p+1. The number of nitrogens with two attached hydrogens (primary N) is 1. The Morgan fingerprint density at radius 3 is 2.55 bits per heavy atom. The van der Waals surface area contributed by atoms with Gasteiger partial charge in [0, 0.05) is 47.9 Å². The van der Waals surface area contributed by atoms with Crippen molar-refractivity contribution in [3.05, 3.63) is 66.7 Å². The average molecular weight is 462 g/mol. The lowest BCUT2D eigenvalue weighted by Gasteiger charge is -2.10. The third-order valence-electron chi connectivity index (χ3n) is 5.22. The number of fused-ring (bicyclic) bond motifs is 1. The molecule has 3 aromatic heterocycles. The van der Waals surface area contributed by atoms with Crippen molar-refractivity contribution < 1.29 is 14.3 Å². The molecule has 0 unspecified atom stereocenters. The second-order valence-corrected chi connectivity index (χ2v) is 7.97. The van der Waals surface area contributed by atoms with E-state index in [0.717, 1.165) is 45.3 Å². The highest BCUT2D eigenvalue weighted by Gasteiger charge is 2.10. The molecule has 0 atom stereocenters. The Kier molecular flexibility index (Phi) is 7.04. The van der Waals surface area contributed by atoms with Crippen molar-refractivity contribution in [2.24, 2.45) is 0 Å². The van der Waals surface area contributed by atoms with E-state index in [0.29, 0.717) is 23.7 Å². The molecular formula is C25H25N4O3S+. The number of hydrogen-bond acceptors (Lipinski definition) is 7. The Labute approximate surface area is 197 Å². The number of ether oxygens (including phenoxy) is 2. The highest BCUT2D eigenvalue weighted by atomic mass is 32.1. The first kappa shape index (κ1) is 22.5. The molecule has 2 N–H and O–H groups in total. The van der Waals surface area contributed by atoms with E-state index < -0.39 is 0 Å². The van der Waals surface area contributed by atoms with Crippen LogP contribution >= 0.6 is 0 Å². The number of carbonyl (C=O) groups is 1. The maximum Gasteiger partial charge on any atom is 0.306 e. The molecule has 33 heavy (non-hydrogen) atoms. The molecule has 0 radical (unpaired) electrons. The van der Waals surface area contributed by atoms with Gasteiger partial charge in [-0.1, -0.05) is 12.1 Å². The molecule has 1 aromatic carbocycles. The number of carbonyl (C=O) groups excluding carboxylic acids is 1. The van der Waals surface area contributed by atoms with Crippen LogP contribution in [0.1, 0.15) is 18.5 Å². The Balaban J connectivity index is 1.61. The minimum atomic E-state index is -0.222.